The summed E-state index contributed by atoms with van der Waals surface area (Å²) in [5.41, 5.74) is -0.0615. The van der Waals surface area contributed by atoms with Crippen molar-refractivity contribution in [2.75, 3.05) is 13.7 Å². The van der Waals surface area contributed by atoms with E-state index in [4.69, 9.17) is 4.74 Å². The van der Waals surface area contributed by atoms with Crippen molar-refractivity contribution in [3.63, 3.8) is 0 Å². The fourth-order valence-corrected chi connectivity index (χ4v) is 2.79. The van der Waals surface area contributed by atoms with E-state index in [0.717, 1.165) is 32.1 Å². The van der Waals surface area contributed by atoms with Gasteiger partial charge in [-0.1, -0.05) is 19.3 Å². The molecule has 6 nitrogen and oxygen atoms in total. The predicted octanol–water partition coefficient (Wildman–Crippen LogP) is 1.27. The van der Waals surface area contributed by atoms with Gasteiger partial charge in [-0.15, -0.1) is 0 Å². The highest BCUT2D eigenvalue weighted by molar-refractivity contribution is 5.94. The Morgan fingerprint density at radius 2 is 2.10 bits per heavy atom. The minimum Gasteiger partial charge on any atom is -0.469 e. The average Bonchev–Trinajstić information content (AvgIpc) is 2.91. The molecule has 0 radical (unpaired) electrons. The summed E-state index contributed by atoms with van der Waals surface area (Å²) in [6.07, 6.45) is 7.84. The Kier molecular flexibility index (Phi) is 4.42. The first-order valence-corrected chi connectivity index (χ1v) is 6.93. The molecule has 110 valence electrons. The fraction of sp³-hybridized carbons (Fsp3) is 0.643. The van der Waals surface area contributed by atoms with E-state index in [2.05, 4.69) is 10.4 Å². The first-order valence-electron chi connectivity index (χ1n) is 6.93. The summed E-state index contributed by atoms with van der Waals surface area (Å²) in [5.74, 6) is -0.421. The van der Waals surface area contributed by atoms with Gasteiger partial charge in [-0.2, -0.15) is 5.10 Å². The molecule has 0 aliphatic heterocycles. The topological polar surface area (TPSA) is 73.2 Å². The lowest BCUT2D eigenvalue weighted by Crippen LogP contribution is -2.45. The number of ether oxygens (including phenoxy) is 1. The van der Waals surface area contributed by atoms with E-state index < -0.39 is 5.41 Å². The highest BCUT2D eigenvalue weighted by Gasteiger charge is 2.40. The number of nitrogens with zero attached hydrogens (tertiary/aromatic N) is 2. The number of aromatic nitrogens is 2. The molecule has 1 fully saturated rings. The van der Waals surface area contributed by atoms with Crippen molar-refractivity contribution in [3.05, 3.63) is 18.0 Å². The zero-order valence-electron chi connectivity index (χ0n) is 12.0. The number of hydrogen-bond acceptors (Lipinski definition) is 4. The van der Waals surface area contributed by atoms with Crippen molar-refractivity contribution in [1.82, 2.24) is 15.1 Å². The number of aryl methyl sites for hydroxylation is 1. The van der Waals surface area contributed by atoms with E-state index in [0.29, 0.717) is 12.1 Å². The summed E-state index contributed by atoms with van der Waals surface area (Å²) in [6, 6.07) is 0. The van der Waals surface area contributed by atoms with Crippen LogP contribution in [0.3, 0.4) is 0 Å². The lowest BCUT2D eigenvalue weighted by molar-refractivity contribution is -0.154. The molecule has 1 saturated carbocycles. The Morgan fingerprint density at radius 1 is 1.40 bits per heavy atom. The third kappa shape index (κ3) is 3.00. The van der Waals surface area contributed by atoms with Gasteiger partial charge >= 0.3 is 5.97 Å². The van der Waals surface area contributed by atoms with E-state index in [1.165, 1.54) is 13.3 Å². The van der Waals surface area contributed by atoms with Gasteiger partial charge in [-0.25, -0.2) is 0 Å². The monoisotopic (exact) mass is 279 g/mol. The Hall–Kier alpha value is -1.85. The molecule has 0 aromatic carbocycles. The quantitative estimate of drug-likeness (QED) is 0.842. The lowest BCUT2D eigenvalue weighted by atomic mass is 9.74. The van der Waals surface area contributed by atoms with Gasteiger partial charge in [0.2, 0.25) is 0 Å². The number of methoxy groups -OCH3 is 1. The Labute approximate surface area is 118 Å². The largest absolute Gasteiger partial charge is 0.469 e. The minimum absolute atomic E-state index is 0.202. The van der Waals surface area contributed by atoms with E-state index in [-0.39, 0.29) is 11.9 Å². The second kappa shape index (κ2) is 6.07. The summed E-state index contributed by atoms with van der Waals surface area (Å²) in [4.78, 5) is 24.1. The molecule has 1 aromatic heterocycles. The van der Waals surface area contributed by atoms with Crippen LogP contribution in [0.15, 0.2) is 12.4 Å². The minimum atomic E-state index is -0.565. The highest BCUT2D eigenvalue weighted by Crippen LogP contribution is 2.36. The normalized spacial score (nSPS) is 17.5. The Bertz CT molecular complexity index is 490. The molecule has 0 unspecified atom stereocenters. The average molecular weight is 279 g/mol. The predicted molar refractivity (Wildman–Crippen MR) is 73.1 cm³/mol. The molecular formula is C14H21N3O3. The fourth-order valence-electron chi connectivity index (χ4n) is 2.79. The van der Waals surface area contributed by atoms with Crippen molar-refractivity contribution in [2.24, 2.45) is 12.5 Å². The van der Waals surface area contributed by atoms with Crippen LogP contribution in [0.5, 0.6) is 0 Å². The molecule has 0 saturated heterocycles. The molecular weight excluding hydrogens is 258 g/mol. The van der Waals surface area contributed by atoms with Crippen LogP contribution in [0.4, 0.5) is 0 Å². The second-order valence-electron chi connectivity index (χ2n) is 5.42. The first-order chi connectivity index (χ1) is 9.57. The van der Waals surface area contributed by atoms with Gasteiger partial charge in [0, 0.05) is 19.8 Å². The van der Waals surface area contributed by atoms with Gasteiger partial charge in [-0.3, -0.25) is 14.3 Å². The maximum Gasteiger partial charge on any atom is 0.313 e. The molecule has 1 amide bonds. The van der Waals surface area contributed by atoms with Crippen LogP contribution in [-0.2, 0) is 16.6 Å². The van der Waals surface area contributed by atoms with Gasteiger partial charge in [0.15, 0.2) is 0 Å². The van der Waals surface area contributed by atoms with Gasteiger partial charge < -0.3 is 10.1 Å². The zero-order chi connectivity index (χ0) is 14.6. The van der Waals surface area contributed by atoms with Crippen LogP contribution >= 0.6 is 0 Å². The molecule has 1 heterocycles. The van der Waals surface area contributed by atoms with Crippen molar-refractivity contribution in [1.29, 1.82) is 0 Å². The summed E-state index contributed by atoms with van der Waals surface area (Å²) >= 11 is 0. The second-order valence-corrected chi connectivity index (χ2v) is 5.42. The Balaban J connectivity index is 2.02. The standard InChI is InChI=1S/C14H21N3O3/c1-17-9-11(8-16-17)12(18)15-10-14(13(19)20-2)6-4-3-5-7-14/h8-9H,3-7,10H2,1-2H3,(H,15,18). The molecule has 0 bridgehead atoms. The lowest BCUT2D eigenvalue weighted by Gasteiger charge is -2.34. The summed E-state index contributed by atoms with van der Waals surface area (Å²) < 4.78 is 6.50. The molecule has 1 N–H and O–H groups in total. The third-order valence-corrected chi connectivity index (χ3v) is 3.98. The van der Waals surface area contributed by atoms with Gasteiger partial charge in [0.25, 0.3) is 5.91 Å². The van der Waals surface area contributed by atoms with Crippen molar-refractivity contribution in [3.8, 4) is 0 Å². The number of hydrogen-bond donors (Lipinski definition) is 1. The van der Waals surface area contributed by atoms with Crippen molar-refractivity contribution in [2.45, 2.75) is 32.1 Å². The maximum absolute atomic E-state index is 12.1. The van der Waals surface area contributed by atoms with Crippen LogP contribution in [0.2, 0.25) is 0 Å². The molecule has 1 aliphatic carbocycles. The van der Waals surface area contributed by atoms with Crippen LogP contribution in [-0.4, -0.2) is 35.3 Å². The summed E-state index contributed by atoms with van der Waals surface area (Å²) in [7, 11) is 3.16. The van der Waals surface area contributed by atoms with Crippen molar-refractivity contribution < 1.29 is 14.3 Å². The smallest absolute Gasteiger partial charge is 0.313 e. The van der Waals surface area contributed by atoms with Crippen LogP contribution in [0, 0.1) is 5.41 Å². The Morgan fingerprint density at radius 3 is 2.65 bits per heavy atom. The molecule has 20 heavy (non-hydrogen) atoms. The van der Waals surface area contributed by atoms with Crippen LogP contribution < -0.4 is 5.32 Å². The SMILES string of the molecule is COC(=O)C1(CNC(=O)c2cnn(C)c2)CCCCC1. The number of carbonyl (C=O) groups is 2. The summed E-state index contributed by atoms with van der Waals surface area (Å²) in [6.45, 7) is 0.327. The molecule has 1 aliphatic rings. The number of rotatable bonds is 4. The number of nitrogens with one attached hydrogen (secondary N) is 1. The summed E-state index contributed by atoms with van der Waals surface area (Å²) in [5, 5.41) is 6.81. The maximum atomic E-state index is 12.1. The molecule has 2 rings (SSSR count). The van der Waals surface area contributed by atoms with Crippen LogP contribution in [0.25, 0.3) is 0 Å². The number of esters is 1. The van der Waals surface area contributed by atoms with Gasteiger partial charge in [0.1, 0.15) is 0 Å². The zero-order valence-corrected chi connectivity index (χ0v) is 12.0. The molecule has 6 heteroatoms. The van der Waals surface area contributed by atoms with Crippen molar-refractivity contribution >= 4 is 11.9 Å². The molecule has 1 aromatic rings. The van der Waals surface area contributed by atoms with Gasteiger partial charge in [0.05, 0.1) is 24.3 Å². The highest BCUT2D eigenvalue weighted by atomic mass is 16.5. The number of carbonyl (C=O) groups excluding carboxylic acids is 2. The molecule has 0 atom stereocenters. The van der Waals surface area contributed by atoms with E-state index in [1.54, 1.807) is 17.9 Å². The van der Waals surface area contributed by atoms with E-state index >= 15 is 0 Å². The van der Waals surface area contributed by atoms with Crippen LogP contribution in [0.1, 0.15) is 42.5 Å². The number of amides is 1. The van der Waals surface area contributed by atoms with Gasteiger partial charge in [-0.05, 0) is 12.8 Å². The first kappa shape index (κ1) is 14.6. The van der Waals surface area contributed by atoms with E-state index in [1.807, 2.05) is 0 Å². The molecule has 0 spiro atoms. The third-order valence-electron chi connectivity index (χ3n) is 3.98. The van der Waals surface area contributed by atoms with E-state index in [9.17, 15) is 9.59 Å².